The van der Waals surface area contributed by atoms with E-state index in [1.54, 1.807) is 13.2 Å². The first-order chi connectivity index (χ1) is 9.89. The quantitative estimate of drug-likeness (QED) is 0.809. The molecule has 2 rings (SSSR count). The smallest absolute Gasteiger partial charge is 0.328 e. The van der Waals surface area contributed by atoms with Gasteiger partial charge in [-0.05, 0) is 37.1 Å². The average molecular weight is 291 g/mol. The summed E-state index contributed by atoms with van der Waals surface area (Å²) in [6, 6.07) is 5.58. The molecule has 5 nitrogen and oxygen atoms in total. The molecule has 0 aliphatic carbocycles. The third-order valence-corrected chi connectivity index (χ3v) is 3.65. The monoisotopic (exact) mass is 291 g/mol. The van der Waals surface area contributed by atoms with Crippen LogP contribution in [0.1, 0.15) is 24.5 Å². The highest BCUT2D eigenvalue weighted by Crippen LogP contribution is 2.26. The lowest BCUT2D eigenvalue weighted by Crippen LogP contribution is -2.29. The van der Waals surface area contributed by atoms with Crippen LogP contribution >= 0.6 is 0 Å². The van der Waals surface area contributed by atoms with Crippen molar-refractivity contribution in [2.24, 2.45) is 0 Å². The van der Waals surface area contributed by atoms with Crippen molar-refractivity contribution in [1.29, 1.82) is 0 Å². The van der Waals surface area contributed by atoms with Crippen LogP contribution in [-0.2, 0) is 11.3 Å². The molecule has 5 heteroatoms. The van der Waals surface area contributed by atoms with E-state index in [9.17, 15) is 9.90 Å². The third kappa shape index (κ3) is 4.31. The molecule has 2 N–H and O–H groups in total. The first kappa shape index (κ1) is 15.5. The number of likely N-dealkylation sites (tertiary alicyclic amines) is 1. The highest BCUT2D eigenvalue weighted by atomic mass is 16.5. The summed E-state index contributed by atoms with van der Waals surface area (Å²) in [6.45, 7) is 3.99. The molecular formula is C16H21NO4. The summed E-state index contributed by atoms with van der Waals surface area (Å²) in [4.78, 5) is 12.8. The van der Waals surface area contributed by atoms with E-state index in [4.69, 9.17) is 9.84 Å². The molecule has 1 unspecified atom stereocenters. The summed E-state index contributed by atoms with van der Waals surface area (Å²) < 4.78 is 5.36. The van der Waals surface area contributed by atoms with Crippen molar-refractivity contribution in [3.63, 3.8) is 0 Å². The van der Waals surface area contributed by atoms with Gasteiger partial charge in [-0.3, -0.25) is 4.90 Å². The Bertz CT molecular complexity index is 551. The van der Waals surface area contributed by atoms with Gasteiger partial charge < -0.3 is 14.9 Å². The summed E-state index contributed by atoms with van der Waals surface area (Å²) in [5.74, 6) is -0.197. The molecule has 1 aromatic rings. The third-order valence-electron chi connectivity index (χ3n) is 3.65. The first-order valence-corrected chi connectivity index (χ1v) is 6.92. The Kier molecular flexibility index (Phi) is 4.65. The number of carboxylic acid groups (broad SMARTS) is 1. The normalized spacial score (nSPS) is 22.8. The van der Waals surface area contributed by atoms with E-state index in [0.717, 1.165) is 35.9 Å². The molecule has 0 amide bonds. The molecule has 1 aliphatic rings. The summed E-state index contributed by atoms with van der Waals surface area (Å²) in [6.07, 6.45) is 3.44. The lowest BCUT2D eigenvalue weighted by molar-refractivity contribution is -0.131. The lowest BCUT2D eigenvalue weighted by atomic mass is 10.1. The van der Waals surface area contributed by atoms with Crippen molar-refractivity contribution >= 4 is 12.0 Å². The fourth-order valence-corrected chi connectivity index (χ4v) is 2.61. The molecule has 0 aromatic heterocycles. The van der Waals surface area contributed by atoms with Crippen molar-refractivity contribution in [2.75, 3.05) is 20.2 Å². The highest BCUT2D eigenvalue weighted by molar-refractivity contribution is 5.85. The number of aliphatic hydroxyl groups is 1. The summed E-state index contributed by atoms with van der Waals surface area (Å²) in [7, 11) is 1.62. The number of hydrogen-bond donors (Lipinski definition) is 2. The lowest BCUT2D eigenvalue weighted by Gasteiger charge is -2.20. The molecule has 114 valence electrons. The van der Waals surface area contributed by atoms with Gasteiger partial charge in [0.2, 0.25) is 0 Å². The maximum atomic E-state index is 10.6. The number of aliphatic carboxylic acids is 1. The Labute approximate surface area is 124 Å². The Morgan fingerprint density at radius 2 is 2.29 bits per heavy atom. The minimum absolute atomic E-state index is 0.630. The minimum Gasteiger partial charge on any atom is -0.496 e. The van der Waals surface area contributed by atoms with E-state index in [2.05, 4.69) is 4.90 Å². The summed E-state index contributed by atoms with van der Waals surface area (Å²) in [5, 5.41) is 18.7. The Morgan fingerprint density at radius 1 is 1.52 bits per heavy atom. The fraction of sp³-hybridized carbons (Fsp3) is 0.438. The summed E-state index contributed by atoms with van der Waals surface area (Å²) >= 11 is 0. The van der Waals surface area contributed by atoms with E-state index in [1.807, 2.05) is 25.1 Å². The number of benzene rings is 1. The molecule has 0 bridgehead atoms. The Balaban J connectivity index is 2.16. The number of carboxylic acids is 1. The van der Waals surface area contributed by atoms with E-state index in [-0.39, 0.29) is 0 Å². The number of β-amino-alcohol motifs (C(OH)–C–C–N with tert-alkyl or cyclic N) is 1. The van der Waals surface area contributed by atoms with Gasteiger partial charge in [0.15, 0.2) is 0 Å². The van der Waals surface area contributed by atoms with Gasteiger partial charge in [-0.25, -0.2) is 4.79 Å². The molecule has 0 spiro atoms. The fourth-order valence-electron chi connectivity index (χ4n) is 2.61. The van der Waals surface area contributed by atoms with Gasteiger partial charge in [-0.2, -0.15) is 0 Å². The molecule has 1 saturated heterocycles. The minimum atomic E-state index is -0.969. The highest BCUT2D eigenvalue weighted by Gasteiger charge is 2.31. The van der Waals surface area contributed by atoms with Gasteiger partial charge in [0.25, 0.3) is 0 Å². The van der Waals surface area contributed by atoms with Gasteiger partial charge >= 0.3 is 5.97 Å². The maximum Gasteiger partial charge on any atom is 0.328 e. The van der Waals surface area contributed by atoms with Crippen molar-refractivity contribution in [3.8, 4) is 5.75 Å². The number of carbonyl (C=O) groups is 1. The predicted molar refractivity (Wildman–Crippen MR) is 80.2 cm³/mol. The van der Waals surface area contributed by atoms with E-state index in [0.29, 0.717) is 13.1 Å². The van der Waals surface area contributed by atoms with Crippen molar-refractivity contribution < 1.29 is 19.7 Å². The second-order valence-corrected chi connectivity index (χ2v) is 5.70. The van der Waals surface area contributed by atoms with Gasteiger partial charge in [0, 0.05) is 31.3 Å². The van der Waals surface area contributed by atoms with Gasteiger partial charge in [0.1, 0.15) is 5.75 Å². The average Bonchev–Trinajstić information content (AvgIpc) is 2.76. The molecule has 1 aromatic carbocycles. The number of rotatable bonds is 5. The second kappa shape index (κ2) is 6.28. The molecular weight excluding hydrogens is 270 g/mol. The summed E-state index contributed by atoms with van der Waals surface area (Å²) in [5.41, 5.74) is 1.18. The molecule has 1 fully saturated rings. The zero-order valence-corrected chi connectivity index (χ0v) is 12.4. The SMILES string of the molecule is COc1ccc(/C=C/C(=O)O)cc1CN1CCC(C)(O)C1. The maximum absolute atomic E-state index is 10.6. The van der Waals surface area contributed by atoms with E-state index in [1.165, 1.54) is 0 Å². The number of nitrogens with zero attached hydrogens (tertiary/aromatic N) is 1. The largest absolute Gasteiger partial charge is 0.496 e. The number of ether oxygens (including phenoxy) is 1. The molecule has 1 heterocycles. The number of hydrogen-bond acceptors (Lipinski definition) is 4. The van der Waals surface area contributed by atoms with E-state index >= 15 is 0 Å². The number of methoxy groups -OCH3 is 1. The standard InChI is InChI=1S/C16H21NO4/c1-16(20)7-8-17(11-16)10-13-9-12(4-6-15(18)19)3-5-14(13)21-2/h3-6,9,20H,7-8,10-11H2,1-2H3,(H,18,19)/b6-4+. The zero-order chi connectivity index (χ0) is 15.5. The molecule has 0 saturated carbocycles. The van der Waals surface area contributed by atoms with Crippen LogP contribution in [0.2, 0.25) is 0 Å². The first-order valence-electron chi connectivity index (χ1n) is 6.92. The van der Waals surface area contributed by atoms with Crippen LogP contribution < -0.4 is 4.74 Å². The van der Waals surface area contributed by atoms with Gasteiger partial charge in [0.05, 0.1) is 12.7 Å². The topological polar surface area (TPSA) is 70.0 Å². The van der Waals surface area contributed by atoms with Crippen molar-refractivity contribution in [2.45, 2.75) is 25.5 Å². The second-order valence-electron chi connectivity index (χ2n) is 5.70. The van der Waals surface area contributed by atoms with Crippen LogP contribution in [0.15, 0.2) is 24.3 Å². The van der Waals surface area contributed by atoms with Crippen LogP contribution in [0.4, 0.5) is 0 Å². The van der Waals surface area contributed by atoms with Crippen LogP contribution in [0.3, 0.4) is 0 Å². The Hall–Kier alpha value is -1.85. The predicted octanol–water partition coefficient (Wildman–Crippen LogP) is 1.75. The van der Waals surface area contributed by atoms with E-state index < -0.39 is 11.6 Å². The van der Waals surface area contributed by atoms with Crippen LogP contribution in [0.5, 0.6) is 5.75 Å². The molecule has 0 radical (unpaired) electrons. The van der Waals surface area contributed by atoms with Crippen LogP contribution in [0, 0.1) is 0 Å². The van der Waals surface area contributed by atoms with Crippen molar-refractivity contribution in [1.82, 2.24) is 4.90 Å². The van der Waals surface area contributed by atoms with Crippen molar-refractivity contribution in [3.05, 3.63) is 35.4 Å². The zero-order valence-electron chi connectivity index (χ0n) is 12.4. The van der Waals surface area contributed by atoms with Gasteiger partial charge in [-0.1, -0.05) is 6.07 Å². The Morgan fingerprint density at radius 3 is 2.86 bits per heavy atom. The van der Waals surface area contributed by atoms with Crippen LogP contribution in [0.25, 0.3) is 6.08 Å². The van der Waals surface area contributed by atoms with Gasteiger partial charge in [-0.15, -0.1) is 0 Å². The molecule has 21 heavy (non-hydrogen) atoms. The molecule has 1 aliphatic heterocycles. The molecule has 1 atom stereocenters. The van der Waals surface area contributed by atoms with Crippen LogP contribution in [-0.4, -0.2) is 46.9 Å².